The summed E-state index contributed by atoms with van der Waals surface area (Å²) in [7, 11) is 0. The third-order valence-electron chi connectivity index (χ3n) is 7.05. The van der Waals surface area contributed by atoms with Crippen LogP contribution in [-0.4, -0.2) is 28.4 Å². The lowest BCUT2D eigenvalue weighted by molar-refractivity contribution is 0.0766. The van der Waals surface area contributed by atoms with Crippen LogP contribution >= 0.6 is 0 Å². The predicted molar refractivity (Wildman–Crippen MR) is 147 cm³/mol. The van der Waals surface area contributed by atoms with E-state index in [9.17, 15) is 14.4 Å². The van der Waals surface area contributed by atoms with Gasteiger partial charge in [0.15, 0.2) is 0 Å². The van der Waals surface area contributed by atoms with E-state index < -0.39 is 11.4 Å². The van der Waals surface area contributed by atoms with Crippen LogP contribution in [-0.2, 0) is 12.0 Å². The molecular weight excluding hydrogens is 491 g/mol. The van der Waals surface area contributed by atoms with E-state index in [0.717, 1.165) is 18.4 Å². The van der Waals surface area contributed by atoms with Crippen molar-refractivity contribution in [3.05, 3.63) is 101 Å². The number of benzene rings is 3. The van der Waals surface area contributed by atoms with Crippen molar-refractivity contribution < 1.29 is 13.6 Å². The molecule has 0 saturated carbocycles. The molecule has 0 spiro atoms. The van der Waals surface area contributed by atoms with Crippen molar-refractivity contribution in [3.63, 3.8) is 0 Å². The van der Waals surface area contributed by atoms with Crippen molar-refractivity contribution in [2.45, 2.75) is 37.8 Å². The smallest absolute Gasteiger partial charge is 0.254 e. The van der Waals surface area contributed by atoms with Gasteiger partial charge in [-0.25, -0.2) is 9.37 Å². The Morgan fingerprint density at radius 1 is 1.21 bits per heavy atom. The summed E-state index contributed by atoms with van der Waals surface area (Å²) in [6.07, 6.45) is 9.34. The van der Waals surface area contributed by atoms with E-state index >= 15 is 0 Å². The van der Waals surface area contributed by atoms with E-state index in [1.165, 1.54) is 12.1 Å². The van der Waals surface area contributed by atoms with Gasteiger partial charge in [-0.15, -0.1) is 6.42 Å². The lowest BCUT2D eigenvalue weighted by atomic mass is 9.92. The first-order valence-electron chi connectivity index (χ1n) is 12.7. The van der Waals surface area contributed by atoms with Gasteiger partial charge in [-0.1, -0.05) is 48.4 Å². The summed E-state index contributed by atoms with van der Waals surface area (Å²) in [4.78, 5) is 19.7. The molecule has 1 aliphatic heterocycles. The quantitative estimate of drug-likeness (QED) is 0.332. The zero-order valence-electron chi connectivity index (χ0n) is 21.5. The molecule has 2 atom stereocenters. The maximum absolute atomic E-state index is 14.5. The summed E-state index contributed by atoms with van der Waals surface area (Å²) in [5.74, 6) is 2.55. The van der Waals surface area contributed by atoms with Crippen molar-refractivity contribution in [1.82, 2.24) is 9.88 Å². The van der Waals surface area contributed by atoms with Crippen molar-refractivity contribution in [2.75, 3.05) is 6.54 Å². The molecule has 1 aliphatic rings. The Morgan fingerprint density at radius 3 is 2.72 bits per heavy atom. The number of nitrogens with zero attached hydrogens (tertiary/aromatic N) is 3. The van der Waals surface area contributed by atoms with Crippen LogP contribution in [0.2, 0.25) is 0 Å². The largest absolute Gasteiger partial charge is 0.439 e. The molecule has 1 saturated heterocycles. The molecule has 1 aromatic heterocycles. The highest BCUT2D eigenvalue weighted by atomic mass is 19.1. The van der Waals surface area contributed by atoms with Crippen LogP contribution in [0.25, 0.3) is 22.6 Å². The fraction of sp³-hybridized carbons (Fsp3) is 0.219. The summed E-state index contributed by atoms with van der Waals surface area (Å²) in [6, 6.07) is 21.0. The van der Waals surface area contributed by atoms with Crippen LogP contribution in [0.1, 0.15) is 47.0 Å². The minimum Gasteiger partial charge on any atom is -0.439 e. The van der Waals surface area contributed by atoms with Gasteiger partial charge in [-0.05, 0) is 61.6 Å². The van der Waals surface area contributed by atoms with Crippen LogP contribution in [0.15, 0.2) is 77.3 Å². The Balaban J connectivity index is 1.59. The predicted octanol–water partition coefficient (Wildman–Crippen LogP) is 5.67. The lowest BCUT2D eigenvalue weighted by Gasteiger charge is -2.22. The minimum atomic E-state index is -0.838. The molecule has 0 bridgehead atoms. The number of carbonyl (C=O) groups excluding carboxylic acids is 1. The Bertz CT molecular complexity index is 1610. The number of nitriles is 1. The zero-order chi connectivity index (χ0) is 27.6. The summed E-state index contributed by atoms with van der Waals surface area (Å²) >= 11 is 0. The SMILES string of the molecule is C#CC1CCCN1C(=O)c1cc(-c2ncc([C@](C)(N)Cc3ccccc3)o2)cc(-c2cccc(F)c2C#N)c1. The summed E-state index contributed by atoms with van der Waals surface area (Å²) in [6.45, 7) is 2.42. The second-order valence-corrected chi connectivity index (χ2v) is 10.0. The fourth-order valence-electron chi connectivity index (χ4n) is 5.04. The van der Waals surface area contributed by atoms with Crippen LogP contribution in [0, 0.1) is 29.5 Å². The minimum absolute atomic E-state index is 0.110. The highest BCUT2D eigenvalue weighted by Gasteiger charge is 2.30. The number of hydrogen-bond donors (Lipinski definition) is 1. The molecule has 0 radical (unpaired) electrons. The first-order chi connectivity index (χ1) is 18.8. The summed E-state index contributed by atoms with van der Waals surface area (Å²) in [5, 5.41) is 9.65. The second kappa shape index (κ2) is 10.6. The van der Waals surface area contributed by atoms with Crippen LogP contribution < -0.4 is 5.73 Å². The van der Waals surface area contributed by atoms with E-state index in [-0.39, 0.29) is 23.4 Å². The molecule has 1 amide bonds. The highest BCUT2D eigenvalue weighted by Crippen LogP contribution is 2.34. The summed E-state index contributed by atoms with van der Waals surface area (Å²) < 4.78 is 20.7. The molecule has 4 aromatic rings. The van der Waals surface area contributed by atoms with Crippen molar-refractivity contribution >= 4 is 5.91 Å². The number of oxazole rings is 1. The average molecular weight is 519 g/mol. The third kappa shape index (κ3) is 5.18. The van der Waals surface area contributed by atoms with Crippen molar-refractivity contribution in [1.29, 1.82) is 5.26 Å². The monoisotopic (exact) mass is 518 g/mol. The number of carbonyl (C=O) groups is 1. The molecule has 7 heteroatoms. The Labute approximate surface area is 226 Å². The highest BCUT2D eigenvalue weighted by molar-refractivity contribution is 5.97. The maximum atomic E-state index is 14.5. The molecule has 6 nitrogen and oxygen atoms in total. The van der Waals surface area contributed by atoms with Crippen molar-refractivity contribution in [3.8, 4) is 41.0 Å². The number of hydrogen-bond acceptors (Lipinski definition) is 5. The standard InChI is InChI=1S/C32H27FN4O2/c1-3-25-11-8-14-37(25)31(38)24-16-22(26-12-7-13-28(33)27(26)19-34)15-23(17-24)30-36-20-29(39-30)32(2,35)18-21-9-5-4-6-10-21/h1,4-7,9-10,12-13,15-17,20,25H,8,11,14,18,35H2,2H3/t25?,32-/m1/s1. The van der Waals surface area contributed by atoms with E-state index in [1.807, 2.05) is 43.3 Å². The van der Waals surface area contributed by atoms with Gasteiger partial charge in [-0.3, -0.25) is 4.79 Å². The molecule has 1 unspecified atom stereocenters. The molecule has 0 aliphatic carbocycles. The Hall–Kier alpha value is -4.72. The number of nitrogens with two attached hydrogens (primary N) is 1. The first-order valence-corrected chi connectivity index (χ1v) is 12.7. The molecule has 2 heterocycles. The molecule has 2 N–H and O–H groups in total. The van der Waals surface area contributed by atoms with Crippen LogP contribution in [0.3, 0.4) is 0 Å². The zero-order valence-corrected chi connectivity index (χ0v) is 21.5. The molecule has 3 aromatic carbocycles. The number of rotatable bonds is 6. The van der Waals surface area contributed by atoms with E-state index in [4.69, 9.17) is 16.6 Å². The molecular formula is C32H27FN4O2. The summed E-state index contributed by atoms with van der Waals surface area (Å²) in [5.41, 5.74) is 8.44. The topological polar surface area (TPSA) is 96.2 Å². The second-order valence-electron chi connectivity index (χ2n) is 10.0. The third-order valence-corrected chi connectivity index (χ3v) is 7.05. The average Bonchev–Trinajstić information content (AvgIpc) is 3.63. The van der Waals surface area contributed by atoms with Crippen LogP contribution in [0.4, 0.5) is 4.39 Å². The Kier molecular flexibility index (Phi) is 7.02. The van der Waals surface area contributed by atoms with Crippen molar-refractivity contribution in [2.24, 2.45) is 5.73 Å². The van der Waals surface area contributed by atoms with E-state index in [1.54, 1.807) is 35.4 Å². The van der Waals surface area contributed by atoms with Gasteiger partial charge in [0.2, 0.25) is 5.89 Å². The van der Waals surface area contributed by atoms with Gasteiger partial charge < -0.3 is 15.1 Å². The number of halogens is 1. The van der Waals surface area contributed by atoms with Crippen LogP contribution in [0.5, 0.6) is 0 Å². The lowest BCUT2D eigenvalue weighted by Crippen LogP contribution is -2.35. The molecule has 5 rings (SSSR count). The molecule has 39 heavy (non-hydrogen) atoms. The fourth-order valence-corrected chi connectivity index (χ4v) is 5.04. The van der Waals surface area contributed by atoms with Gasteiger partial charge in [0, 0.05) is 23.2 Å². The molecule has 1 fully saturated rings. The number of terminal acetylenes is 1. The van der Waals surface area contributed by atoms with Gasteiger partial charge in [-0.2, -0.15) is 5.26 Å². The first kappa shape index (κ1) is 25.9. The molecule has 194 valence electrons. The maximum Gasteiger partial charge on any atom is 0.254 e. The van der Waals surface area contributed by atoms with Gasteiger partial charge in [0.25, 0.3) is 5.91 Å². The van der Waals surface area contributed by atoms with E-state index in [2.05, 4.69) is 10.9 Å². The number of likely N-dealkylation sites (tertiary alicyclic amines) is 1. The number of amides is 1. The normalized spacial score (nSPS) is 16.3. The van der Waals surface area contributed by atoms with Gasteiger partial charge >= 0.3 is 0 Å². The Morgan fingerprint density at radius 2 is 1.97 bits per heavy atom. The number of aromatic nitrogens is 1. The van der Waals surface area contributed by atoms with E-state index in [0.29, 0.717) is 41.0 Å². The van der Waals surface area contributed by atoms with Gasteiger partial charge in [0.05, 0.1) is 23.3 Å². The van der Waals surface area contributed by atoms with Gasteiger partial charge in [0.1, 0.15) is 17.6 Å².